The van der Waals surface area contributed by atoms with Gasteiger partial charge in [0.2, 0.25) is 5.91 Å². The van der Waals surface area contributed by atoms with E-state index >= 15 is 0 Å². The molecule has 0 aliphatic carbocycles. The number of para-hydroxylation sites is 2. The van der Waals surface area contributed by atoms with Gasteiger partial charge in [0.15, 0.2) is 0 Å². The molecular formula is C26H26N4O3. The lowest BCUT2D eigenvalue weighted by Gasteiger charge is -2.32. The molecule has 0 bridgehead atoms. The van der Waals surface area contributed by atoms with Gasteiger partial charge in [0.25, 0.3) is 5.56 Å². The molecule has 0 radical (unpaired) electrons. The minimum absolute atomic E-state index is 0.0327. The molecule has 1 fully saturated rings. The zero-order chi connectivity index (χ0) is 22.6. The second-order valence-corrected chi connectivity index (χ2v) is 8.45. The first kappa shape index (κ1) is 21.2. The number of hydrogen-bond donors (Lipinski definition) is 1. The standard InChI is InChI=1S/C26H26N4O3/c31-25(27-20-9-2-1-3-10-20)19-8-6-14-29(16-19)18-24-28-23-13-5-4-12-22(23)26(32)30(24)17-21-11-7-15-33-21/h1-5,7,9-13,15,19H,6,8,14,16-18H2,(H,27,31). The van der Waals surface area contributed by atoms with Crippen LogP contribution in [-0.2, 0) is 17.9 Å². The Morgan fingerprint density at radius 2 is 1.85 bits per heavy atom. The lowest BCUT2D eigenvalue weighted by molar-refractivity contribution is -0.121. The summed E-state index contributed by atoms with van der Waals surface area (Å²) in [5.41, 5.74) is 1.41. The molecule has 1 aliphatic heterocycles. The normalized spacial score (nSPS) is 16.7. The third-order valence-corrected chi connectivity index (χ3v) is 6.12. The highest BCUT2D eigenvalue weighted by atomic mass is 16.3. The molecule has 4 aromatic rings. The number of amides is 1. The minimum atomic E-state index is -0.107. The molecule has 168 valence electrons. The van der Waals surface area contributed by atoms with Crippen molar-refractivity contribution in [3.05, 3.63) is 94.9 Å². The average molecular weight is 443 g/mol. The van der Waals surface area contributed by atoms with E-state index in [0.29, 0.717) is 42.1 Å². The summed E-state index contributed by atoms with van der Waals surface area (Å²) >= 11 is 0. The second-order valence-electron chi connectivity index (χ2n) is 8.45. The highest BCUT2D eigenvalue weighted by Crippen LogP contribution is 2.21. The Balaban J connectivity index is 1.38. The molecule has 0 spiro atoms. The fourth-order valence-electron chi connectivity index (χ4n) is 4.44. The largest absolute Gasteiger partial charge is 0.467 e. The van der Waals surface area contributed by atoms with Crippen LogP contribution in [0.4, 0.5) is 5.69 Å². The number of fused-ring (bicyclic) bond motifs is 1. The van der Waals surface area contributed by atoms with E-state index in [0.717, 1.165) is 25.1 Å². The number of carbonyl (C=O) groups excluding carboxylic acids is 1. The van der Waals surface area contributed by atoms with Gasteiger partial charge in [0, 0.05) is 12.2 Å². The highest BCUT2D eigenvalue weighted by molar-refractivity contribution is 5.92. The number of piperidine rings is 1. The van der Waals surface area contributed by atoms with E-state index in [1.54, 1.807) is 16.9 Å². The summed E-state index contributed by atoms with van der Waals surface area (Å²) in [6.07, 6.45) is 3.37. The number of nitrogens with one attached hydrogen (secondary N) is 1. The van der Waals surface area contributed by atoms with Crippen molar-refractivity contribution in [3.63, 3.8) is 0 Å². The number of benzene rings is 2. The molecule has 0 saturated carbocycles. The smallest absolute Gasteiger partial charge is 0.261 e. The van der Waals surface area contributed by atoms with Crippen LogP contribution in [0.1, 0.15) is 24.4 Å². The fourth-order valence-corrected chi connectivity index (χ4v) is 4.44. The van der Waals surface area contributed by atoms with Crippen molar-refractivity contribution in [2.24, 2.45) is 5.92 Å². The minimum Gasteiger partial charge on any atom is -0.467 e. The van der Waals surface area contributed by atoms with E-state index in [1.165, 1.54) is 0 Å². The van der Waals surface area contributed by atoms with E-state index in [1.807, 2.05) is 60.7 Å². The number of furan rings is 1. The zero-order valence-corrected chi connectivity index (χ0v) is 18.3. The van der Waals surface area contributed by atoms with E-state index in [9.17, 15) is 9.59 Å². The maximum Gasteiger partial charge on any atom is 0.261 e. The summed E-state index contributed by atoms with van der Waals surface area (Å²) in [6.45, 7) is 2.31. The van der Waals surface area contributed by atoms with Gasteiger partial charge in [0.05, 0.1) is 36.2 Å². The van der Waals surface area contributed by atoms with Crippen molar-refractivity contribution in [3.8, 4) is 0 Å². The van der Waals surface area contributed by atoms with Crippen molar-refractivity contribution in [1.82, 2.24) is 14.5 Å². The van der Waals surface area contributed by atoms with E-state index in [2.05, 4.69) is 10.2 Å². The molecule has 1 atom stereocenters. The van der Waals surface area contributed by atoms with Crippen LogP contribution in [0.25, 0.3) is 10.9 Å². The van der Waals surface area contributed by atoms with Gasteiger partial charge in [-0.2, -0.15) is 0 Å². The number of aromatic nitrogens is 2. The number of anilines is 1. The molecule has 1 saturated heterocycles. The molecule has 1 aliphatic rings. The van der Waals surface area contributed by atoms with Crippen LogP contribution in [0.15, 0.2) is 82.2 Å². The first-order valence-corrected chi connectivity index (χ1v) is 11.3. The first-order valence-electron chi connectivity index (χ1n) is 11.3. The zero-order valence-electron chi connectivity index (χ0n) is 18.3. The summed E-state index contributed by atoms with van der Waals surface area (Å²) in [6, 6.07) is 20.6. The molecular weight excluding hydrogens is 416 g/mol. The van der Waals surface area contributed by atoms with Gasteiger partial charge >= 0.3 is 0 Å². The van der Waals surface area contributed by atoms with Crippen molar-refractivity contribution in [2.45, 2.75) is 25.9 Å². The van der Waals surface area contributed by atoms with Gasteiger partial charge in [0.1, 0.15) is 11.6 Å². The van der Waals surface area contributed by atoms with E-state index in [-0.39, 0.29) is 17.4 Å². The Morgan fingerprint density at radius 1 is 1.03 bits per heavy atom. The van der Waals surface area contributed by atoms with Crippen LogP contribution in [0.5, 0.6) is 0 Å². The fraction of sp³-hybridized carbons (Fsp3) is 0.269. The SMILES string of the molecule is O=C(Nc1ccccc1)C1CCCN(Cc2nc3ccccc3c(=O)n2Cc2ccco2)C1. The molecule has 5 rings (SSSR count). The average Bonchev–Trinajstić information content (AvgIpc) is 3.36. The summed E-state index contributed by atoms with van der Waals surface area (Å²) < 4.78 is 7.19. The number of rotatable bonds is 6. The predicted octanol–water partition coefficient (Wildman–Crippen LogP) is 3.89. The molecule has 1 unspecified atom stereocenters. The Morgan fingerprint density at radius 3 is 2.67 bits per heavy atom. The Labute approximate surface area is 191 Å². The molecule has 2 aromatic carbocycles. The van der Waals surface area contributed by atoms with Crippen LogP contribution in [0.2, 0.25) is 0 Å². The van der Waals surface area contributed by atoms with Gasteiger partial charge in [-0.25, -0.2) is 4.98 Å². The molecule has 3 heterocycles. The van der Waals surface area contributed by atoms with Crippen molar-refractivity contribution in [1.29, 1.82) is 0 Å². The molecule has 2 aromatic heterocycles. The van der Waals surface area contributed by atoms with Crippen LogP contribution < -0.4 is 10.9 Å². The maximum absolute atomic E-state index is 13.3. The predicted molar refractivity (Wildman–Crippen MR) is 127 cm³/mol. The summed E-state index contributed by atoms with van der Waals surface area (Å²) in [5.74, 6) is 1.31. The lowest BCUT2D eigenvalue weighted by Crippen LogP contribution is -2.41. The van der Waals surface area contributed by atoms with Crippen molar-refractivity contribution < 1.29 is 9.21 Å². The highest BCUT2D eigenvalue weighted by Gasteiger charge is 2.27. The number of carbonyl (C=O) groups is 1. The molecule has 33 heavy (non-hydrogen) atoms. The van der Waals surface area contributed by atoms with Crippen LogP contribution in [-0.4, -0.2) is 33.4 Å². The number of likely N-dealkylation sites (tertiary alicyclic amines) is 1. The van der Waals surface area contributed by atoms with Crippen LogP contribution in [0, 0.1) is 5.92 Å². The van der Waals surface area contributed by atoms with Gasteiger partial charge < -0.3 is 9.73 Å². The van der Waals surface area contributed by atoms with Crippen LogP contribution >= 0.6 is 0 Å². The summed E-state index contributed by atoms with van der Waals surface area (Å²) in [4.78, 5) is 33.2. The molecule has 7 heteroatoms. The van der Waals surface area contributed by atoms with Gasteiger partial charge in [-0.05, 0) is 55.8 Å². The van der Waals surface area contributed by atoms with E-state index < -0.39 is 0 Å². The third-order valence-electron chi connectivity index (χ3n) is 6.12. The monoisotopic (exact) mass is 442 g/mol. The van der Waals surface area contributed by atoms with Gasteiger partial charge in [-0.15, -0.1) is 0 Å². The second kappa shape index (κ2) is 9.42. The van der Waals surface area contributed by atoms with Gasteiger partial charge in [-0.3, -0.25) is 19.1 Å². The number of hydrogen-bond acceptors (Lipinski definition) is 5. The van der Waals surface area contributed by atoms with Gasteiger partial charge in [-0.1, -0.05) is 30.3 Å². The topological polar surface area (TPSA) is 80.4 Å². The Bertz CT molecular complexity index is 1300. The Hall–Kier alpha value is -3.71. The van der Waals surface area contributed by atoms with Crippen molar-refractivity contribution in [2.75, 3.05) is 18.4 Å². The maximum atomic E-state index is 13.3. The summed E-state index contributed by atoms with van der Waals surface area (Å²) in [7, 11) is 0. The quantitative estimate of drug-likeness (QED) is 0.490. The van der Waals surface area contributed by atoms with E-state index in [4.69, 9.17) is 9.40 Å². The summed E-state index contributed by atoms with van der Waals surface area (Å²) in [5, 5.41) is 3.61. The molecule has 1 N–H and O–H groups in total. The number of nitrogens with zero attached hydrogens (tertiary/aromatic N) is 3. The first-order chi connectivity index (χ1) is 16.2. The molecule has 1 amide bonds. The van der Waals surface area contributed by atoms with Crippen molar-refractivity contribution >= 4 is 22.5 Å². The Kier molecular flexibility index (Phi) is 6.04. The third kappa shape index (κ3) is 4.73. The lowest BCUT2D eigenvalue weighted by atomic mass is 9.97. The van der Waals surface area contributed by atoms with Crippen LogP contribution in [0.3, 0.4) is 0 Å². The molecule has 7 nitrogen and oxygen atoms in total.